The third kappa shape index (κ3) is 1.23. The van der Waals surface area contributed by atoms with Crippen molar-refractivity contribution in [3.63, 3.8) is 0 Å². The van der Waals surface area contributed by atoms with E-state index in [2.05, 4.69) is 0 Å². The normalized spacial score (nSPS) is 11.4. The van der Waals surface area contributed by atoms with E-state index in [4.69, 9.17) is 5.73 Å². The van der Waals surface area contributed by atoms with Gasteiger partial charge < -0.3 is 5.73 Å². The van der Waals surface area contributed by atoms with Gasteiger partial charge in [-0.1, -0.05) is 17.6 Å². The van der Waals surface area contributed by atoms with E-state index in [1.165, 1.54) is 11.5 Å². The lowest BCUT2D eigenvalue weighted by molar-refractivity contribution is 0.636. The highest BCUT2D eigenvalue weighted by molar-refractivity contribution is 7.14. The highest BCUT2D eigenvalue weighted by atomic mass is 32.1. The average molecular weight is 208 g/mol. The van der Waals surface area contributed by atoms with Gasteiger partial charge in [-0.05, 0) is 26.0 Å². The summed E-state index contributed by atoms with van der Waals surface area (Å²) in [7, 11) is 0. The number of fused-ring (bicyclic) bond motifs is 1. The molecule has 1 aromatic heterocycles. The first-order valence-electron chi connectivity index (χ1n) is 4.51. The van der Waals surface area contributed by atoms with E-state index >= 15 is 0 Å². The van der Waals surface area contributed by atoms with Crippen LogP contribution < -0.4 is 11.3 Å². The fourth-order valence-corrected chi connectivity index (χ4v) is 2.44. The van der Waals surface area contributed by atoms with Crippen LogP contribution in [0.4, 0.5) is 5.69 Å². The molecule has 0 bridgehead atoms. The Kier molecular flexibility index (Phi) is 2.07. The number of nitrogens with two attached hydrogens (primary N) is 1. The molecule has 2 aromatic rings. The highest BCUT2D eigenvalue weighted by Crippen LogP contribution is 2.24. The molecule has 0 saturated heterocycles. The average Bonchev–Trinajstić information content (AvgIpc) is 2.46. The summed E-state index contributed by atoms with van der Waals surface area (Å²) in [5.41, 5.74) is 6.54. The van der Waals surface area contributed by atoms with E-state index in [1.54, 1.807) is 3.96 Å². The van der Waals surface area contributed by atoms with E-state index in [-0.39, 0.29) is 11.6 Å². The number of aromatic nitrogens is 1. The van der Waals surface area contributed by atoms with Crippen molar-refractivity contribution in [2.24, 2.45) is 0 Å². The second kappa shape index (κ2) is 3.13. The molecule has 1 aromatic carbocycles. The van der Waals surface area contributed by atoms with Gasteiger partial charge in [-0.2, -0.15) is 0 Å². The minimum atomic E-state index is 0.0623. The van der Waals surface area contributed by atoms with Crippen molar-refractivity contribution < 1.29 is 0 Å². The summed E-state index contributed by atoms with van der Waals surface area (Å²) in [6, 6.07) is 5.65. The van der Waals surface area contributed by atoms with Crippen LogP contribution in [0.5, 0.6) is 0 Å². The topological polar surface area (TPSA) is 48.0 Å². The van der Waals surface area contributed by atoms with Crippen molar-refractivity contribution >= 4 is 27.3 Å². The van der Waals surface area contributed by atoms with Gasteiger partial charge in [-0.3, -0.25) is 8.75 Å². The molecule has 3 nitrogen and oxygen atoms in total. The highest BCUT2D eigenvalue weighted by Gasteiger charge is 2.10. The van der Waals surface area contributed by atoms with Crippen LogP contribution in [0.15, 0.2) is 23.0 Å². The summed E-state index contributed by atoms with van der Waals surface area (Å²) >= 11 is 1.44. The molecule has 0 spiro atoms. The van der Waals surface area contributed by atoms with Crippen LogP contribution in [0.2, 0.25) is 0 Å². The molecule has 0 atom stereocenters. The Morgan fingerprint density at radius 3 is 2.71 bits per heavy atom. The predicted molar refractivity (Wildman–Crippen MR) is 60.9 cm³/mol. The molecule has 0 amide bonds. The Balaban J connectivity index is 2.87. The largest absolute Gasteiger partial charge is 0.398 e. The number of hydrogen-bond acceptors (Lipinski definition) is 3. The van der Waals surface area contributed by atoms with Crippen molar-refractivity contribution in [3.8, 4) is 0 Å². The molecule has 0 aliphatic rings. The Labute approximate surface area is 85.9 Å². The second-order valence-electron chi connectivity index (χ2n) is 3.54. The molecule has 14 heavy (non-hydrogen) atoms. The smallest absolute Gasteiger partial charge is 0.268 e. The molecule has 0 unspecified atom stereocenters. The van der Waals surface area contributed by atoms with E-state index < -0.39 is 0 Å². The summed E-state index contributed by atoms with van der Waals surface area (Å²) in [5, 5.41) is 0.726. The maximum atomic E-state index is 11.8. The predicted octanol–water partition coefficient (Wildman–Crippen LogP) is 2.23. The summed E-state index contributed by atoms with van der Waals surface area (Å²) < 4.78 is 2.65. The van der Waals surface area contributed by atoms with Gasteiger partial charge in [0, 0.05) is 6.04 Å². The Hall–Kier alpha value is -1.29. The number of hydrogen-bond donors (Lipinski definition) is 1. The maximum Gasteiger partial charge on any atom is 0.268 e. The van der Waals surface area contributed by atoms with Gasteiger partial charge in [0.05, 0.1) is 15.8 Å². The van der Waals surface area contributed by atoms with Crippen molar-refractivity contribution in [1.82, 2.24) is 3.96 Å². The maximum absolute atomic E-state index is 11.8. The van der Waals surface area contributed by atoms with Crippen LogP contribution in [-0.4, -0.2) is 3.96 Å². The van der Waals surface area contributed by atoms with Gasteiger partial charge in [0.1, 0.15) is 0 Å². The van der Waals surface area contributed by atoms with Gasteiger partial charge in [0.25, 0.3) is 5.56 Å². The lowest BCUT2D eigenvalue weighted by Gasteiger charge is -2.01. The number of rotatable bonds is 1. The molecule has 0 fully saturated rings. The summed E-state index contributed by atoms with van der Waals surface area (Å²) in [4.78, 5) is 11.8. The minimum Gasteiger partial charge on any atom is -0.398 e. The van der Waals surface area contributed by atoms with E-state index in [1.807, 2.05) is 32.0 Å². The minimum absolute atomic E-state index is 0.0623. The fourth-order valence-electron chi connectivity index (χ4n) is 1.42. The zero-order valence-electron chi connectivity index (χ0n) is 8.15. The number of nitrogens with zero attached hydrogens (tertiary/aromatic N) is 1. The van der Waals surface area contributed by atoms with Crippen LogP contribution in [0, 0.1) is 0 Å². The molecule has 0 aliphatic carbocycles. The first kappa shape index (κ1) is 9.27. The molecule has 2 N–H and O–H groups in total. The first-order chi connectivity index (χ1) is 6.61. The SMILES string of the molecule is CC(C)n1sc2c(N)cccc2c1=O. The number of benzene rings is 1. The zero-order valence-corrected chi connectivity index (χ0v) is 8.97. The molecule has 2 rings (SSSR count). The first-order valence-corrected chi connectivity index (χ1v) is 5.28. The third-order valence-corrected chi connectivity index (χ3v) is 3.56. The lowest BCUT2D eigenvalue weighted by atomic mass is 10.2. The summed E-state index contributed by atoms with van der Waals surface area (Å²) in [5.74, 6) is 0. The number of nitrogen functional groups attached to an aromatic ring is 1. The van der Waals surface area contributed by atoms with Gasteiger partial charge in [0.2, 0.25) is 0 Å². The molecule has 0 radical (unpaired) electrons. The van der Waals surface area contributed by atoms with Crippen LogP contribution in [0.3, 0.4) is 0 Å². The number of anilines is 1. The van der Waals surface area contributed by atoms with Gasteiger partial charge >= 0.3 is 0 Å². The van der Waals surface area contributed by atoms with Crippen LogP contribution in [0.25, 0.3) is 10.1 Å². The fraction of sp³-hybridized carbons (Fsp3) is 0.300. The van der Waals surface area contributed by atoms with Gasteiger partial charge in [-0.25, -0.2) is 0 Å². The van der Waals surface area contributed by atoms with E-state index in [0.29, 0.717) is 5.69 Å². The van der Waals surface area contributed by atoms with Gasteiger partial charge in [0.15, 0.2) is 0 Å². The van der Waals surface area contributed by atoms with Crippen LogP contribution in [0.1, 0.15) is 19.9 Å². The Morgan fingerprint density at radius 2 is 2.14 bits per heavy atom. The monoisotopic (exact) mass is 208 g/mol. The van der Waals surface area contributed by atoms with E-state index in [9.17, 15) is 4.79 Å². The zero-order chi connectivity index (χ0) is 10.3. The summed E-state index contributed by atoms with van der Waals surface area (Å²) in [6.45, 7) is 3.99. The Bertz CT molecular complexity index is 524. The quantitative estimate of drug-likeness (QED) is 0.730. The molecule has 0 saturated carbocycles. The molecule has 74 valence electrons. The lowest BCUT2D eigenvalue weighted by Crippen LogP contribution is -2.14. The van der Waals surface area contributed by atoms with Crippen LogP contribution in [-0.2, 0) is 0 Å². The van der Waals surface area contributed by atoms with E-state index in [0.717, 1.165) is 10.1 Å². The molecular formula is C10H12N2OS. The van der Waals surface area contributed by atoms with Crippen molar-refractivity contribution in [1.29, 1.82) is 0 Å². The van der Waals surface area contributed by atoms with Gasteiger partial charge in [-0.15, -0.1) is 0 Å². The standard InChI is InChI=1S/C10H12N2OS/c1-6(2)12-10(13)7-4-3-5-8(11)9(7)14-12/h3-6H,11H2,1-2H3. The summed E-state index contributed by atoms with van der Waals surface area (Å²) in [6.07, 6.45) is 0. The Morgan fingerprint density at radius 1 is 1.43 bits per heavy atom. The van der Waals surface area contributed by atoms with Crippen molar-refractivity contribution in [2.45, 2.75) is 19.9 Å². The van der Waals surface area contributed by atoms with Crippen molar-refractivity contribution in [2.75, 3.05) is 5.73 Å². The molecule has 1 heterocycles. The van der Waals surface area contributed by atoms with Crippen LogP contribution >= 0.6 is 11.5 Å². The second-order valence-corrected chi connectivity index (χ2v) is 4.52. The molecule has 4 heteroatoms. The van der Waals surface area contributed by atoms with Crippen molar-refractivity contribution in [3.05, 3.63) is 28.6 Å². The molecular weight excluding hydrogens is 196 g/mol. The molecule has 0 aliphatic heterocycles. The third-order valence-electron chi connectivity index (χ3n) is 2.13.